The highest BCUT2D eigenvalue weighted by molar-refractivity contribution is 5.49. The van der Waals surface area contributed by atoms with Crippen LogP contribution in [0.5, 0.6) is 0 Å². The van der Waals surface area contributed by atoms with Gasteiger partial charge in [0.1, 0.15) is 12.1 Å². The van der Waals surface area contributed by atoms with Gasteiger partial charge in [0.05, 0.1) is 5.60 Å². The van der Waals surface area contributed by atoms with Crippen molar-refractivity contribution in [3.63, 3.8) is 0 Å². The second-order valence-electron chi connectivity index (χ2n) is 4.12. The first-order valence-electron chi connectivity index (χ1n) is 4.83. The number of aromatic nitrogens is 2. The van der Waals surface area contributed by atoms with Gasteiger partial charge in [0, 0.05) is 25.8 Å². The molecule has 1 fully saturated rings. The van der Waals surface area contributed by atoms with Gasteiger partial charge >= 0.3 is 0 Å². The fourth-order valence-corrected chi connectivity index (χ4v) is 1.78. The number of ether oxygens (including phenoxy) is 1. The summed E-state index contributed by atoms with van der Waals surface area (Å²) in [6.07, 6.45) is 1.25. The molecule has 1 aromatic rings. The van der Waals surface area contributed by atoms with Crippen LogP contribution < -0.4 is 4.90 Å². The van der Waals surface area contributed by atoms with Crippen molar-refractivity contribution in [3.05, 3.63) is 17.8 Å². The molecule has 0 N–H and O–H groups in total. The van der Waals surface area contributed by atoms with E-state index in [4.69, 9.17) is 4.74 Å². The zero-order valence-electron chi connectivity index (χ0n) is 9.12. The number of rotatable bonds is 2. The Morgan fingerprint density at radius 2 is 2.13 bits per heavy atom. The fraction of sp³-hybridized carbons (Fsp3) is 0.600. The number of methoxy groups -OCH3 is 1. The Morgan fingerprint density at radius 3 is 2.73 bits per heavy atom. The van der Waals surface area contributed by atoms with Crippen molar-refractivity contribution in [3.8, 4) is 0 Å². The van der Waals surface area contributed by atoms with E-state index < -0.39 is 5.95 Å². The smallest absolute Gasteiger partial charge is 0.220 e. The maximum absolute atomic E-state index is 13.2. The lowest BCUT2D eigenvalue weighted by Gasteiger charge is -2.47. The molecule has 2 rings (SSSR count). The monoisotopic (exact) mass is 211 g/mol. The normalized spacial score (nSPS) is 18.8. The maximum atomic E-state index is 13.2. The fourth-order valence-electron chi connectivity index (χ4n) is 1.78. The van der Waals surface area contributed by atoms with Crippen LogP contribution in [-0.4, -0.2) is 35.8 Å². The van der Waals surface area contributed by atoms with Crippen molar-refractivity contribution in [1.29, 1.82) is 0 Å². The van der Waals surface area contributed by atoms with E-state index >= 15 is 0 Å². The zero-order chi connectivity index (χ0) is 11.1. The van der Waals surface area contributed by atoms with Gasteiger partial charge in [0.25, 0.3) is 0 Å². The molecule has 4 nitrogen and oxygen atoms in total. The molecule has 0 aliphatic carbocycles. The lowest BCUT2D eigenvalue weighted by atomic mass is 9.96. The van der Waals surface area contributed by atoms with Gasteiger partial charge in [-0.05, 0) is 13.8 Å². The highest BCUT2D eigenvalue weighted by Gasteiger charge is 2.40. The van der Waals surface area contributed by atoms with Gasteiger partial charge in [-0.15, -0.1) is 0 Å². The Labute approximate surface area is 88.1 Å². The first kappa shape index (κ1) is 10.3. The molecule has 0 aromatic carbocycles. The third kappa shape index (κ3) is 1.67. The van der Waals surface area contributed by atoms with Crippen molar-refractivity contribution >= 4 is 5.82 Å². The molecule has 0 radical (unpaired) electrons. The summed E-state index contributed by atoms with van der Waals surface area (Å²) in [6.45, 7) is 5.19. The van der Waals surface area contributed by atoms with Crippen LogP contribution in [0.3, 0.4) is 0 Å². The molecule has 0 saturated carbocycles. The molecule has 1 aromatic heterocycles. The Balaban J connectivity index is 2.17. The predicted octanol–water partition coefficient (Wildman–Crippen LogP) is 1.15. The molecule has 1 aliphatic rings. The summed E-state index contributed by atoms with van der Waals surface area (Å²) >= 11 is 0. The van der Waals surface area contributed by atoms with Gasteiger partial charge < -0.3 is 9.64 Å². The van der Waals surface area contributed by atoms with Crippen molar-refractivity contribution in [2.75, 3.05) is 25.1 Å². The Bertz CT molecular complexity index is 377. The third-order valence-corrected chi connectivity index (χ3v) is 2.84. The van der Waals surface area contributed by atoms with Crippen LogP contribution in [0.1, 0.15) is 12.5 Å². The summed E-state index contributed by atoms with van der Waals surface area (Å²) in [5, 5.41) is 0. The molecule has 1 aliphatic heterocycles. The number of anilines is 1. The largest absolute Gasteiger partial charge is 0.375 e. The van der Waals surface area contributed by atoms with Gasteiger partial charge in [-0.25, -0.2) is 9.97 Å². The van der Waals surface area contributed by atoms with Gasteiger partial charge in [-0.3, -0.25) is 0 Å². The molecule has 5 heteroatoms. The third-order valence-electron chi connectivity index (χ3n) is 2.84. The van der Waals surface area contributed by atoms with Crippen LogP contribution in [0.25, 0.3) is 0 Å². The minimum absolute atomic E-state index is 0.131. The molecule has 0 unspecified atom stereocenters. The topological polar surface area (TPSA) is 38.2 Å². The molecule has 82 valence electrons. The van der Waals surface area contributed by atoms with E-state index in [0.717, 1.165) is 13.1 Å². The van der Waals surface area contributed by atoms with Crippen LogP contribution in [-0.2, 0) is 4.74 Å². The first-order valence-corrected chi connectivity index (χ1v) is 4.83. The van der Waals surface area contributed by atoms with E-state index in [-0.39, 0.29) is 5.60 Å². The van der Waals surface area contributed by atoms with E-state index in [9.17, 15) is 4.39 Å². The summed E-state index contributed by atoms with van der Waals surface area (Å²) in [7, 11) is 1.69. The molecular formula is C10H14FN3O. The van der Waals surface area contributed by atoms with Crippen molar-refractivity contribution in [2.45, 2.75) is 19.4 Å². The highest BCUT2D eigenvalue weighted by atomic mass is 19.1. The SMILES string of the molecule is COC1(C)CN(c2ncnc(F)c2C)C1. The average Bonchev–Trinajstić information content (AvgIpc) is 2.18. The lowest BCUT2D eigenvalue weighted by molar-refractivity contribution is -0.0172. The second kappa shape index (κ2) is 3.41. The number of nitrogens with zero attached hydrogens (tertiary/aromatic N) is 3. The number of hydrogen-bond donors (Lipinski definition) is 0. The standard InChI is InChI=1S/C10H14FN3O/c1-7-8(11)12-6-13-9(7)14-4-10(2,5-14)15-3/h6H,4-5H2,1-3H3. The highest BCUT2D eigenvalue weighted by Crippen LogP contribution is 2.30. The summed E-state index contributed by atoms with van der Waals surface area (Å²) in [5.41, 5.74) is 0.365. The summed E-state index contributed by atoms with van der Waals surface area (Å²) in [4.78, 5) is 9.57. The van der Waals surface area contributed by atoms with Crippen molar-refractivity contribution < 1.29 is 9.13 Å². The molecule has 2 heterocycles. The van der Waals surface area contributed by atoms with Crippen LogP contribution >= 0.6 is 0 Å². The van der Waals surface area contributed by atoms with Gasteiger partial charge in [-0.2, -0.15) is 4.39 Å². The van der Waals surface area contributed by atoms with E-state index in [1.807, 2.05) is 11.8 Å². The first-order chi connectivity index (χ1) is 7.06. The van der Waals surface area contributed by atoms with E-state index in [2.05, 4.69) is 9.97 Å². The van der Waals surface area contributed by atoms with E-state index in [0.29, 0.717) is 11.4 Å². The minimum Gasteiger partial charge on any atom is -0.375 e. The molecule has 0 amide bonds. The molecule has 0 bridgehead atoms. The number of halogens is 1. The lowest BCUT2D eigenvalue weighted by Crippen LogP contribution is -2.61. The molecule has 1 saturated heterocycles. The van der Waals surface area contributed by atoms with Gasteiger partial charge in [-0.1, -0.05) is 0 Å². The van der Waals surface area contributed by atoms with E-state index in [1.165, 1.54) is 6.33 Å². The quantitative estimate of drug-likeness (QED) is 0.688. The van der Waals surface area contributed by atoms with Crippen LogP contribution in [0.2, 0.25) is 0 Å². The average molecular weight is 211 g/mol. The van der Waals surface area contributed by atoms with Crippen molar-refractivity contribution in [1.82, 2.24) is 9.97 Å². The number of hydrogen-bond acceptors (Lipinski definition) is 4. The zero-order valence-corrected chi connectivity index (χ0v) is 9.12. The summed E-state index contributed by atoms with van der Waals surface area (Å²) in [6, 6.07) is 0. The minimum atomic E-state index is -0.453. The molecule has 15 heavy (non-hydrogen) atoms. The van der Waals surface area contributed by atoms with Crippen LogP contribution in [0.4, 0.5) is 10.2 Å². The van der Waals surface area contributed by atoms with Crippen LogP contribution in [0, 0.1) is 12.9 Å². The molecule has 0 spiro atoms. The molecular weight excluding hydrogens is 197 g/mol. The second-order valence-corrected chi connectivity index (χ2v) is 4.12. The van der Waals surface area contributed by atoms with Crippen LogP contribution in [0.15, 0.2) is 6.33 Å². The van der Waals surface area contributed by atoms with E-state index in [1.54, 1.807) is 14.0 Å². The van der Waals surface area contributed by atoms with Crippen molar-refractivity contribution in [2.24, 2.45) is 0 Å². The Kier molecular flexibility index (Phi) is 2.34. The maximum Gasteiger partial charge on any atom is 0.220 e. The van der Waals surface area contributed by atoms with Gasteiger partial charge in [0.2, 0.25) is 5.95 Å². The summed E-state index contributed by atoms with van der Waals surface area (Å²) in [5.74, 6) is 0.211. The Morgan fingerprint density at radius 1 is 1.47 bits per heavy atom. The Hall–Kier alpha value is -1.23. The summed E-state index contributed by atoms with van der Waals surface area (Å²) < 4.78 is 18.5. The van der Waals surface area contributed by atoms with Gasteiger partial charge in [0.15, 0.2) is 0 Å². The predicted molar refractivity (Wildman–Crippen MR) is 54.4 cm³/mol. The molecule has 0 atom stereocenters.